The second-order valence-corrected chi connectivity index (χ2v) is 4.76. The summed E-state index contributed by atoms with van der Waals surface area (Å²) in [5.74, 6) is 0.0204. The van der Waals surface area contributed by atoms with E-state index in [0.29, 0.717) is 7.27 Å². The SMILES string of the molecule is FC(F)c1c(I)cc(I)nc1CCl. The fourth-order valence-electron chi connectivity index (χ4n) is 0.874. The Balaban J connectivity index is 3.30. The zero-order valence-electron chi connectivity index (χ0n) is 6.20. The maximum absolute atomic E-state index is 12.5. The highest BCUT2D eigenvalue weighted by atomic mass is 127. The van der Waals surface area contributed by atoms with Gasteiger partial charge in [-0.15, -0.1) is 11.6 Å². The summed E-state index contributed by atoms with van der Waals surface area (Å²) in [6.45, 7) is 0. The summed E-state index contributed by atoms with van der Waals surface area (Å²) in [6.07, 6.45) is -2.51. The molecule has 0 aliphatic heterocycles. The summed E-state index contributed by atoms with van der Waals surface area (Å²) in [5.41, 5.74) is 0.226. The molecule has 1 heterocycles. The molecule has 1 aromatic rings. The highest BCUT2D eigenvalue weighted by molar-refractivity contribution is 14.1. The van der Waals surface area contributed by atoms with Crippen LogP contribution in [0.3, 0.4) is 0 Å². The smallest absolute Gasteiger partial charge is 0.245 e. The Morgan fingerprint density at radius 1 is 1.46 bits per heavy atom. The van der Waals surface area contributed by atoms with Crippen molar-refractivity contribution in [2.45, 2.75) is 12.3 Å². The molecule has 0 unspecified atom stereocenters. The van der Waals surface area contributed by atoms with E-state index in [9.17, 15) is 8.78 Å². The van der Waals surface area contributed by atoms with E-state index in [1.807, 2.05) is 45.2 Å². The first-order chi connectivity index (χ1) is 6.06. The molecule has 13 heavy (non-hydrogen) atoms. The zero-order valence-corrected chi connectivity index (χ0v) is 11.3. The number of aromatic nitrogens is 1. The van der Waals surface area contributed by atoms with Gasteiger partial charge in [-0.1, -0.05) is 0 Å². The summed E-state index contributed by atoms with van der Waals surface area (Å²) in [7, 11) is 0. The van der Waals surface area contributed by atoms with Gasteiger partial charge < -0.3 is 0 Å². The van der Waals surface area contributed by atoms with Crippen molar-refractivity contribution < 1.29 is 8.78 Å². The van der Waals surface area contributed by atoms with E-state index >= 15 is 0 Å². The minimum atomic E-state index is -2.51. The van der Waals surface area contributed by atoms with Crippen molar-refractivity contribution in [2.24, 2.45) is 0 Å². The molecule has 1 nitrogen and oxygen atoms in total. The molecule has 0 aliphatic carbocycles. The lowest BCUT2D eigenvalue weighted by atomic mass is 10.2. The Labute approximate surface area is 107 Å². The van der Waals surface area contributed by atoms with Gasteiger partial charge in [0.1, 0.15) is 3.70 Å². The van der Waals surface area contributed by atoms with E-state index in [2.05, 4.69) is 4.98 Å². The first-order valence-corrected chi connectivity index (χ1v) is 5.94. The summed E-state index contributed by atoms with van der Waals surface area (Å²) in [4.78, 5) is 3.94. The molecule has 0 N–H and O–H groups in total. The third-order valence-corrected chi connectivity index (χ3v) is 3.10. The summed E-state index contributed by atoms with van der Waals surface area (Å²) in [5, 5.41) is 0. The van der Waals surface area contributed by atoms with Crippen LogP contribution in [0, 0.1) is 7.27 Å². The Morgan fingerprint density at radius 3 is 2.54 bits per heavy atom. The fourth-order valence-corrected chi connectivity index (χ4v) is 3.12. The summed E-state index contributed by atoms with van der Waals surface area (Å²) >= 11 is 9.36. The minimum absolute atomic E-state index is 0.0204. The topological polar surface area (TPSA) is 12.9 Å². The van der Waals surface area contributed by atoms with Crippen LogP contribution in [0.1, 0.15) is 17.7 Å². The van der Waals surface area contributed by atoms with Crippen molar-refractivity contribution in [3.8, 4) is 0 Å². The second-order valence-electron chi connectivity index (χ2n) is 2.22. The van der Waals surface area contributed by atoms with Gasteiger partial charge in [-0.05, 0) is 51.2 Å². The summed E-state index contributed by atoms with van der Waals surface area (Å²) in [6, 6.07) is 1.61. The van der Waals surface area contributed by atoms with Crippen LogP contribution in [0.5, 0.6) is 0 Å². The lowest BCUT2D eigenvalue weighted by molar-refractivity contribution is 0.149. The van der Waals surface area contributed by atoms with Crippen LogP contribution in [0.25, 0.3) is 0 Å². The second kappa shape index (κ2) is 5.01. The van der Waals surface area contributed by atoms with Gasteiger partial charge in [0.15, 0.2) is 0 Å². The van der Waals surface area contributed by atoms with Crippen molar-refractivity contribution in [3.63, 3.8) is 0 Å². The monoisotopic (exact) mass is 429 g/mol. The first-order valence-electron chi connectivity index (χ1n) is 3.25. The lowest BCUT2D eigenvalue weighted by Gasteiger charge is -2.08. The van der Waals surface area contributed by atoms with E-state index in [-0.39, 0.29) is 17.1 Å². The Hall–Kier alpha value is 0.760. The van der Waals surface area contributed by atoms with Crippen molar-refractivity contribution in [2.75, 3.05) is 0 Å². The number of halogens is 5. The number of pyridine rings is 1. The maximum Gasteiger partial charge on any atom is 0.266 e. The van der Waals surface area contributed by atoms with E-state index < -0.39 is 6.43 Å². The summed E-state index contributed by atoms with van der Waals surface area (Å²) < 4.78 is 26.2. The zero-order chi connectivity index (χ0) is 10.0. The van der Waals surface area contributed by atoms with Crippen LogP contribution in [0.4, 0.5) is 8.78 Å². The van der Waals surface area contributed by atoms with Gasteiger partial charge in [-0.3, -0.25) is 0 Å². The third-order valence-electron chi connectivity index (χ3n) is 1.40. The van der Waals surface area contributed by atoms with E-state index in [1.54, 1.807) is 6.07 Å². The highest BCUT2D eigenvalue weighted by Gasteiger charge is 2.18. The molecule has 1 rings (SSSR count). The molecule has 0 saturated heterocycles. The molecular weight excluding hydrogens is 425 g/mol. The van der Waals surface area contributed by atoms with Crippen LogP contribution in [-0.4, -0.2) is 4.98 Å². The number of hydrogen-bond donors (Lipinski definition) is 0. The van der Waals surface area contributed by atoms with E-state index in [4.69, 9.17) is 11.6 Å². The average molecular weight is 429 g/mol. The molecule has 0 spiro atoms. The van der Waals surface area contributed by atoms with Gasteiger partial charge in [0.25, 0.3) is 6.43 Å². The molecule has 0 amide bonds. The van der Waals surface area contributed by atoms with Gasteiger partial charge in [-0.25, -0.2) is 13.8 Å². The van der Waals surface area contributed by atoms with Gasteiger partial charge in [-0.2, -0.15) is 0 Å². The molecule has 1 aromatic heterocycles. The molecule has 72 valence electrons. The average Bonchev–Trinajstić information content (AvgIpc) is 2.01. The Bertz CT molecular complexity index is 320. The third kappa shape index (κ3) is 2.85. The minimum Gasteiger partial charge on any atom is -0.245 e. The number of alkyl halides is 3. The predicted molar refractivity (Wildman–Crippen MR) is 64.2 cm³/mol. The normalized spacial score (nSPS) is 10.9. The van der Waals surface area contributed by atoms with Gasteiger partial charge >= 0.3 is 0 Å². The van der Waals surface area contributed by atoms with Crippen molar-refractivity contribution >= 4 is 56.8 Å². The van der Waals surface area contributed by atoms with Crippen LogP contribution in [0.2, 0.25) is 0 Å². The van der Waals surface area contributed by atoms with Crippen LogP contribution in [0.15, 0.2) is 6.07 Å². The van der Waals surface area contributed by atoms with Crippen molar-refractivity contribution in [1.29, 1.82) is 0 Å². The standard InChI is InChI=1S/C7H4ClF2I2N/c8-2-4-6(7(9)10)3(11)1-5(12)13-4/h1,7H,2H2. The Morgan fingerprint density at radius 2 is 2.08 bits per heavy atom. The fraction of sp³-hybridized carbons (Fsp3) is 0.286. The maximum atomic E-state index is 12.5. The molecule has 0 radical (unpaired) electrons. The van der Waals surface area contributed by atoms with Crippen LogP contribution in [-0.2, 0) is 5.88 Å². The molecule has 0 aromatic carbocycles. The highest BCUT2D eigenvalue weighted by Crippen LogP contribution is 2.28. The number of hydrogen-bond acceptors (Lipinski definition) is 1. The predicted octanol–water partition coefficient (Wildman–Crippen LogP) is 3.97. The van der Waals surface area contributed by atoms with E-state index in [0.717, 1.165) is 0 Å². The molecule has 0 fully saturated rings. The van der Waals surface area contributed by atoms with Crippen molar-refractivity contribution in [1.82, 2.24) is 4.98 Å². The molecular formula is C7H4ClF2I2N. The van der Waals surface area contributed by atoms with E-state index in [1.165, 1.54) is 0 Å². The quantitative estimate of drug-likeness (QED) is 0.394. The molecule has 6 heteroatoms. The van der Waals surface area contributed by atoms with Gasteiger partial charge in [0, 0.05) is 3.57 Å². The first kappa shape index (κ1) is 11.8. The van der Waals surface area contributed by atoms with Gasteiger partial charge in [0.05, 0.1) is 17.1 Å². The van der Waals surface area contributed by atoms with Gasteiger partial charge in [0.2, 0.25) is 0 Å². The number of rotatable bonds is 2. The Kier molecular flexibility index (Phi) is 4.56. The molecule has 0 saturated carbocycles. The van der Waals surface area contributed by atoms with Crippen LogP contribution >= 0.6 is 56.8 Å². The molecule has 0 bridgehead atoms. The molecule has 0 atom stereocenters. The number of nitrogens with zero attached hydrogens (tertiary/aromatic N) is 1. The lowest BCUT2D eigenvalue weighted by Crippen LogP contribution is -2.01. The largest absolute Gasteiger partial charge is 0.266 e. The van der Waals surface area contributed by atoms with Crippen LogP contribution < -0.4 is 0 Å². The van der Waals surface area contributed by atoms with Crippen molar-refractivity contribution in [3.05, 3.63) is 24.6 Å². The molecule has 0 aliphatic rings.